The van der Waals surface area contributed by atoms with Gasteiger partial charge in [-0.15, -0.1) is 0 Å². The fraction of sp³-hybridized carbons (Fsp3) is 0.0588. The molecule has 0 fully saturated rings. The van der Waals surface area contributed by atoms with Gasteiger partial charge in [-0.25, -0.2) is 0 Å². The lowest BCUT2D eigenvalue weighted by Crippen LogP contribution is -1.89. The van der Waals surface area contributed by atoms with Crippen LogP contribution in [0.5, 0.6) is 5.75 Å². The third kappa shape index (κ3) is 2.29. The van der Waals surface area contributed by atoms with Gasteiger partial charge in [0.25, 0.3) is 0 Å². The van der Waals surface area contributed by atoms with E-state index in [4.69, 9.17) is 0 Å². The van der Waals surface area contributed by atoms with E-state index in [9.17, 15) is 5.11 Å². The SMILES string of the molecule is [CH2]c1ncc2cc(Cc3ccccc3)ccc2c1O. The average molecular weight is 248 g/mol. The van der Waals surface area contributed by atoms with Gasteiger partial charge in [0, 0.05) is 17.0 Å². The molecule has 0 saturated carbocycles. The Labute approximate surface area is 112 Å². The highest BCUT2D eigenvalue weighted by Crippen LogP contribution is 2.27. The van der Waals surface area contributed by atoms with Gasteiger partial charge in [0.2, 0.25) is 0 Å². The minimum atomic E-state index is 0.170. The quantitative estimate of drug-likeness (QED) is 0.750. The maximum Gasteiger partial charge on any atom is 0.144 e. The van der Waals surface area contributed by atoms with Crippen LogP contribution in [0.25, 0.3) is 10.8 Å². The third-order valence-electron chi connectivity index (χ3n) is 3.25. The van der Waals surface area contributed by atoms with E-state index in [1.54, 1.807) is 6.20 Å². The van der Waals surface area contributed by atoms with Gasteiger partial charge in [-0.1, -0.05) is 42.5 Å². The predicted molar refractivity (Wildman–Crippen MR) is 77.1 cm³/mol. The lowest BCUT2D eigenvalue weighted by Gasteiger charge is -2.06. The second kappa shape index (κ2) is 4.73. The number of hydrogen-bond acceptors (Lipinski definition) is 2. The lowest BCUT2D eigenvalue weighted by atomic mass is 10.0. The maximum absolute atomic E-state index is 9.91. The molecule has 0 bridgehead atoms. The van der Waals surface area contributed by atoms with E-state index >= 15 is 0 Å². The average Bonchev–Trinajstić information content (AvgIpc) is 2.44. The number of rotatable bonds is 2. The Morgan fingerprint density at radius 3 is 2.58 bits per heavy atom. The van der Waals surface area contributed by atoms with Crippen molar-refractivity contribution < 1.29 is 5.11 Å². The Morgan fingerprint density at radius 2 is 1.79 bits per heavy atom. The van der Waals surface area contributed by atoms with E-state index < -0.39 is 0 Å². The first-order valence-corrected chi connectivity index (χ1v) is 6.20. The molecule has 1 radical (unpaired) electrons. The Bertz CT molecular complexity index is 720. The van der Waals surface area contributed by atoms with Crippen LogP contribution in [-0.2, 0) is 6.42 Å². The highest BCUT2D eigenvalue weighted by atomic mass is 16.3. The number of pyridine rings is 1. The number of benzene rings is 2. The fourth-order valence-corrected chi connectivity index (χ4v) is 2.24. The van der Waals surface area contributed by atoms with E-state index in [2.05, 4.69) is 30.1 Å². The highest BCUT2D eigenvalue weighted by molar-refractivity contribution is 5.88. The smallest absolute Gasteiger partial charge is 0.144 e. The summed E-state index contributed by atoms with van der Waals surface area (Å²) in [5.74, 6) is 0.170. The summed E-state index contributed by atoms with van der Waals surface area (Å²) in [4.78, 5) is 4.09. The summed E-state index contributed by atoms with van der Waals surface area (Å²) in [6.07, 6.45) is 2.63. The normalized spacial score (nSPS) is 10.8. The monoisotopic (exact) mass is 248 g/mol. The standard InChI is InChI=1S/C17H14NO/c1-12-17(19)16-8-7-14(10-15(16)11-18-12)9-13-5-3-2-4-6-13/h2-8,10-11,19H,1,9H2. The van der Waals surface area contributed by atoms with E-state index in [1.165, 1.54) is 11.1 Å². The summed E-state index contributed by atoms with van der Waals surface area (Å²) >= 11 is 0. The molecule has 0 atom stereocenters. The summed E-state index contributed by atoms with van der Waals surface area (Å²) in [5.41, 5.74) is 2.90. The molecular formula is C17H14NO. The van der Waals surface area contributed by atoms with E-state index in [1.807, 2.05) is 30.3 Å². The van der Waals surface area contributed by atoms with Crippen LogP contribution in [0.2, 0.25) is 0 Å². The van der Waals surface area contributed by atoms with Crippen molar-refractivity contribution >= 4 is 10.8 Å². The molecule has 2 aromatic carbocycles. The predicted octanol–water partition coefficient (Wildman–Crippen LogP) is 3.71. The van der Waals surface area contributed by atoms with Crippen molar-refractivity contribution in [2.75, 3.05) is 0 Å². The number of nitrogens with zero attached hydrogens (tertiary/aromatic N) is 1. The molecule has 0 saturated heterocycles. The van der Waals surface area contributed by atoms with E-state index in [-0.39, 0.29) is 5.75 Å². The van der Waals surface area contributed by atoms with Gasteiger partial charge in [-0.05, 0) is 30.5 Å². The van der Waals surface area contributed by atoms with Gasteiger partial charge < -0.3 is 5.11 Å². The molecule has 0 aliphatic heterocycles. The molecule has 2 heteroatoms. The molecule has 0 aliphatic carbocycles. The first kappa shape index (κ1) is 11.7. The van der Waals surface area contributed by atoms with Crippen molar-refractivity contribution in [2.45, 2.75) is 6.42 Å². The summed E-state index contributed by atoms with van der Waals surface area (Å²) in [6.45, 7) is 3.70. The first-order valence-electron chi connectivity index (χ1n) is 6.20. The molecule has 19 heavy (non-hydrogen) atoms. The lowest BCUT2D eigenvalue weighted by molar-refractivity contribution is 0.476. The molecule has 1 heterocycles. The minimum Gasteiger partial charge on any atom is -0.505 e. The van der Waals surface area contributed by atoms with Crippen LogP contribution in [0.4, 0.5) is 0 Å². The Morgan fingerprint density at radius 1 is 1.00 bits per heavy atom. The van der Waals surface area contributed by atoms with Gasteiger partial charge in [-0.3, -0.25) is 4.98 Å². The van der Waals surface area contributed by atoms with Crippen LogP contribution in [-0.4, -0.2) is 10.1 Å². The molecule has 0 spiro atoms. The molecule has 0 unspecified atom stereocenters. The highest BCUT2D eigenvalue weighted by Gasteiger charge is 2.05. The minimum absolute atomic E-state index is 0.170. The van der Waals surface area contributed by atoms with Crippen LogP contribution < -0.4 is 0 Å². The second-order valence-electron chi connectivity index (χ2n) is 4.64. The molecule has 2 nitrogen and oxygen atoms in total. The van der Waals surface area contributed by atoms with Crippen molar-refractivity contribution in [3.8, 4) is 5.75 Å². The van der Waals surface area contributed by atoms with Gasteiger partial charge in [0.05, 0.1) is 5.69 Å². The first-order chi connectivity index (χ1) is 9.24. The summed E-state index contributed by atoms with van der Waals surface area (Å²) in [7, 11) is 0. The summed E-state index contributed by atoms with van der Waals surface area (Å²) in [5, 5.41) is 11.7. The molecule has 0 aliphatic rings. The Hall–Kier alpha value is -2.35. The molecule has 1 aromatic heterocycles. The van der Waals surface area contributed by atoms with Crippen LogP contribution in [0.3, 0.4) is 0 Å². The molecule has 3 rings (SSSR count). The maximum atomic E-state index is 9.91. The molecule has 1 N–H and O–H groups in total. The summed E-state index contributed by atoms with van der Waals surface area (Å²) in [6, 6.07) is 16.3. The molecule has 0 amide bonds. The van der Waals surface area contributed by atoms with Gasteiger partial charge in [0.1, 0.15) is 5.75 Å². The largest absolute Gasteiger partial charge is 0.505 e. The van der Waals surface area contributed by atoms with E-state index in [0.717, 1.165) is 17.2 Å². The zero-order chi connectivity index (χ0) is 13.2. The number of aromatic nitrogens is 1. The van der Waals surface area contributed by atoms with Crippen molar-refractivity contribution in [3.05, 3.63) is 78.5 Å². The van der Waals surface area contributed by atoms with Crippen molar-refractivity contribution in [3.63, 3.8) is 0 Å². The van der Waals surface area contributed by atoms with Crippen LogP contribution in [0, 0.1) is 6.92 Å². The third-order valence-corrected chi connectivity index (χ3v) is 3.25. The van der Waals surface area contributed by atoms with Gasteiger partial charge in [-0.2, -0.15) is 0 Å². The Balaban J connectivity index is 2.01. The van der Waals surface area contributed by atoms with Crippen molar-refractivity contribution in [2.24, 2.45) is 0 Å². The van der Waals surface area contributed by atoms with E-state index in [0.29, 0.717) is 5.69 Å². The number of fused-ring (bicyclic) bond motifs is 1. The van der Waals surface area contributed by atoms with Crippen molar-refractivity contribution in [1.29, 1.82) is 0 Å². The van der Waals surface area contributed by atoms with Crippen LogP contribution >= 0.6 is 0 Å². The van der Waals surface area contributed by atoms with Crippen molar-refractivity contribution in [1.82, 2.24) is 4.98 Å². The molecule has 93 valence electrons. The van der Waals surface area contributed by atoms with Crippen LogP contribution in [0.1, 0.15) is 16.8 Å². The topological polar surface area (TPSA) is 33.1 Å². The second-order valence-corrected chi connectivity index (χ2v) is 4.64. The zero-order valence-electron chi connectivity index (χ0n) is 10.5. The van der Waals surface area contributed by atoms with Crippen LogP contribution in [0.15, 0.2) is 54.7 Å². The Kier molecular flexibility index (Phi) is 2.92. The number of aromatic hydroxyl groups is 1. The van der Waals surface area contributed by atoms with Gasteiger partial charge >= 0.3 is 0 Å². The van der Waals surface area contributed by atoms with Gasteiger partial charge in [0.15, 0.2) is 0 Å². The molecular weight excluding hydrogens is 234 g/mol. The fourth-order valence-electron chi connectivity index (χ4n) is 2.24. The number of hydrogen-bond donors (Lipinski definition) is 1. The molecule has 3 aromatic rings. The summed E-state index contributed by atoms with van der Waals surface area (Å²) < 4.78 is 0. The zero-order valence-corrected chi connectivity index (χ0v) is 10.5.